The van der Waals surface area contributed by atoms with Crippen molar-refractivity contribution in [1.82, 2.24) is 9.97 Å². The van der Waals surface area contributed by atoms with Crippen molar-refractivity contribution < 1.29 is 4.74 Å². The second-order valence-electron chi connectivity index (χ2n) is 4.44. The zero-order valence-electron chi connectivity index (χ0n) is 11.7. The molecule has 0 radical (unpaired) electrons. The third-order valence-corrected chi connectivity index (χ3v) is 2.79. The molecule has 106 valence electrons. The highest BCUT2D eigenvalue weighted by Gasteiger charge is 2.00. The van der Waals surface area contributed by atoms with E-state index in [4.69, 9.17) is 10.5 Å². The Bertz CT molecular complexity index is 528. The predicted octanol–water partition coefficient (Wildman–Crippen LogP) is 2.34. The highest BCUT2D eigenvalue weighted by molar-refractivity contribution is 5.31. The van der Waals surface area contributed by atoms with Gasteiger partial charge in [0.1, 0.15) is 0 Å². The minimum atomic E-state index is 0.563. The summed E-state index contributed by atoms with van der Waals surface area (Å²) in [5.74, 6) is 1.17. The van der Waals surface area contributed by atoms with Crippen molar-refractivity contribution in [3.05, 3.63) is 47.7 Å². The number of aromatic nitrogens is 2. The van der Waals surface area contributed by atoms with Gasteiger partial charge >= 0.3 is 0 Å². The van der Waals surface area contributed by atoms with E-state index in [2.05, 4.69) is 22.2 Å². The van der Waals surface area contributed by atoms with Crippen molar-refractivity contribution in [2.75, 3.05) is 11.9 Å². The van der Waals surface area contributed by atoms with Crippen molar-refractivity contribution in [2.45, 2.75) is 26.4 Å². The molecule has 1 aromatic carbocycles. The number of nitrogens with zero attached hydrogens (tertiary/aromatic N) is 2. The van der Waals surface area contributed by atoms with Gasteiger partial charge < -0.3 is 15.8 Å². The van der Waals surface area contributed by atoms with Crippen LogP contribution in [-0.4, -0.2) is 16.6 Å². The molecule has 0 atom stereocenters. The molecule has 0 saturated heterocycles. The predicted molar refractivity (Wildman–Crippen MR) is 79.5 cm³/mol. The highest BCUT2D eigenvalue weighted by atomic mass is 16.5. The van der Waals surface area contributed by atoms with Gasteiger partial charge in [0.2, 0.25) is 11.8 Å². The second kappa shape index (κ2) is 7.45. The molecule has 0 aliphatic rings. The standard InChI is InChI=1S/C15H20N4O/c1-2-9-20-14-7-8-17-15(19-14)18-11-13-5-3-12(10-16)4-6-13/h3-8H,2,9-11,16H2,1H3,(H,17,18,19). The molecule has 3 N–H and O–H groups in total. The maximum Gasteiger partial charge on any atom is 0.226 e. The van der Waals surface area contributed by atoms with Gasteiger partial charge in [-0.05, 0) is 17.5 Å². The minimum absolute atomic E-state index is 0.563. The number of rotatable bonds is 7. The minimum Gasteiger partial charge on any atom is -0.478 e. The molecule has 20 heavy (non-hydrogen) atoms. The summed E-state index contributed by atoms with van der Waals surface area (Å²) in [6.07, 6.45) is 2.65. The molecular weight excluding hydrogens is 252 g/mol. The van der Waals surface area contributed by atoms with Crippen LogP contribution < -0.4 is 15.8 Å². The van der Waals surface area contributed by atoms with E-state index in [1.807, 2.05) is 24.3 Å². The quantitative estimate of drug-likeness (QED) is 0.809. The molecule has 0 amide bonds. The van der Waals surface area contributed by atoms with Gasteiger partial charge in [-0.3, -0.25) is 0 Å². The fraction of sp³-hybridized carbons (Fsp3) is 0.333. The van der Waals surface area contributed by atoms with E-state index in [0.717, 1.165) is 17.5 Å². The number of hydrogen-bond donors (Lipinski definition) is 2. The van der Waals surface area contributed by atoms with Gasteiger partial charge in [0.25, 0.3) is 0 Å². The van der Waals surface area contributed by atoms with Crippen molar-refractivity contribution in [2.24, 2.45) is 5.73 Å². The number of ether oxygens (including phenoxy) is 1. The monoisotopic (exact) mass is 272 g/mol. The molecule has 0 bridgehead atoms. The summed E-state index contributed by atoms with van der Waals surface area (Å²) in [6.45, 7) is 3.96. The summed E-state index contributed by atoms with van der Waals surface area (Å²) < 4.78 is 5.47. The second-order valence-corrected chi connectivity index (χ2v) is 4.44. The van der Waals surface area contributed by atoms with Crippen LogP contribution >= 0.6 is 0 Å². The third-order valence-electron chi connectivity index (χ3n) is 2.79. The molecular formula is C15H20N4O. The smallest absolute Gasteiger partial charge is 0.226 e. The lowest BCUT2D eigenvalue weighted by molar-refractivity contribution is 0.305. The van der Waals surface area contributed by atoms with Crippen LogP contribution in [0, 0.1) is 0 Å². The molecule has 0 aliphatic carbocycles. The Kier molecular flexibility index (Phi) is 5.32. The SMILES string of the molecule is CCCOc1ccnc(NCc2ccc(CN)cc2)n1. The van der Waals surface area contributed by atoms with Gasteiger partial charge in [0.05, 0.1) is 6.61 Å². The van der Waals surface area contributed by atoms with Crippen molar-refractivity contribution in [1.29, 1.82) is 0 Å². The van der Waals surface area contributed by atoms with Crippen molar-refractivity contribution in [3.8, 4) is 5.88 Å². The Balaban J connectivity index is 1.92. The average Bonchev–Trinajstić information content (AvgIpc) is 2.52. The van der Waals surface area contributed by atoms with Crippen molar-refractivity contribution in [3.63, 3.8) is 0 Å². The third kappa shape index (κ3) is 4.20. The van der Waals surface area contributed by atoms with Gasteiger partial charge in [-0.2, -0.15) is 4.98 Å². The largest absolute Gasteiger partial charge is 0.478 e. The summed E-state index contributed by atoms with van der Waals surface area (Å²) in [4.78, 5) is 8.47. The van der Waals surface area contributed by atoms with E-state index in [9.17, 15) is 0 Å². The maximum atomic E-state index is 5.57. The Morgan fingerprint density at radius 1 is 1.15 bits per heavy atom. The first-order valence-electron chi connectivity index (χ1n) is 6.79. The van der Waals surface area contributed by atoms with Gasteiger partial charge in [-0.25, -0.2) is 4.98 Å². The van der Waals surface area contributed by atoms with Crippen LogP contribution in [0.25, 0.3) is 0 Å². The number of nitrogens with two attached hydrogens (primary N) is 1. The van der Waals surface area contributed by atoms with E-state index in [-0.39, 0.29) is 0 Å². The van der Waals surface area contributed by atoms with Crippen LogP contribution in [0.5, 0.6) is 5.88 Å². The number of anilines is 1. The van der Waals surface area contributed by atoms with Crippen LogP contribution in [0.15, 0.2) is 36.5 Å². The van der Waals surface area contributed by atoms with E-state index in [1.165, 1.54) is 0 Å². The molecule has 0 fully saturated rings. The zero-order valence-corrected chi connectivity index (χ0v) is 11.7. The lowest BCUT2D eigenvalue weighted by Gasteiger charge is -2.07. The topological polar surface area (TPSA) is 73.1 Å². The Morgan fingerprint density at radius 3 is 2.60 bits per heavy atom. The van der Waals surface area contributed by atoms with E-state index >= 15 is 0 Å². The lowest BCUT2D eigenvalue weighted by Crippen LogP contribution is -2.05. The molecule has 2 rings (SSSR count). The zero-order chi connectivity index (χ0) is 14.2. The molecule has 1 heterocycles. The van der Waals surface area contributed by atoms with E-state index < -0.39 is 0 Å². The van der Waals surface area contributed by atoms with E-state index in [1.54, 1.807) is 12.3 Å². The highest BCUT2D eigenvalue weighted by Crippen LogP contribution is 2.10. The summed E-state index contributed by atoms with van der Waals surface area (Å²) >= 11 is 0. The fourth-order valence-corrected chi connectivity index (χ4v) is 1.69. The Morgan fingerprint density at radius 2 is 1.90 bits per heavy atom. The summed E-state index contributed by atoms with van der Waals surface area (Å²) in [5.41, 5.74) is 7.85. The summed E-state index contributed by atoms with van der Waals surface area (Å²) in [5, 5.41) is 3.18. The molecule has 0 saturated carbocycles. The van der Waals surface area contributed by atoms with E-state index in [0.29, 0.717) is 31.5 Å². The van der Waals surface area contributed by atoms with Gasteiger partial charge in [0.15, 0.2) is 0 Å². The van der Waals surface area contributed by atoms with Crippen LogP contribution in [0.2, 0.25) is 0 Å². The normalized spacial score (nSPS) is 10.3. The van der Waals surface area contributed by atoms with Crippen LogP contribution in [0.4, 0.5) is 5.95 Å². The number of nitrogens with one attached hydrogen (secondary N) is 1. The van der Waals surface area contributed by atoms with Crippen LogP contribution in [0.3, 0.4) is 0 Å². The van der Waals surface area contributed by atoms with Crippen LogP contribution in [-0.2, 0) is 13.1 Å². The van der Waals surface area contributed by atoms with Gasteiger partial charge in [-0.1, -0.05) is 31.2 Å². The summed E-state index contributed by atoms with van der Waals surface area (Å²) in [6, 6.07) is 9.91. The maximum absolute atomic E-state index is 5.57. The first-order chi connectivity index (χ1) is 9.81. The number of benzene rings is 1. The lowest BCUT2D eigenvalue weighted by atomic mass is 10.1. The molecule has 0 spiro atoms. The fourth-order valence-electron chi connectivity index (χ4n) is 1.69. The first kappa shape index (κ1) is 14.3. The van der Waals surface area contributed by atoms with Crippen molar-refractivity contribution >= 4 is 5.95 Å². The molecule has 0 unspecified atom stereocenters. The first-order valence-corrected chi connectivity index (χ1v) is 6.79. The van der Waals surface area contributed by atoms with Crippen LogP contribution in [0.1, 0.15) is 24.5 Å². The van der Waals surface area contributed by atoms with Gasteiger partial charge in [0, 0.05) is 25.4 Å². The molecule has 5 nitrogen and oxygen atoms in total. The molecule has 0 aliphatic heterocycles. The Hall–Kier alpha value is -2.14. The molecule has 2 aromatic rings. The molecule has 5 heteroatoms. The van der Waals surface area contributed by atoms with Gasteiger partial charge in [-0.15, -0.1) is 0 Å². The Labute approximate surface area is 119 Å². The molecule has 1 aromatic heterocycles. The summed E-state index contributed by atoms with van der Waals surface area (Å²) in [7, 11) is 0. The number of hydrogen-bond acceptors (Lipinski definition) is 5. The average molecular weight is 272 g/mol.